The summed E-state index contributed by atoms with van der Waals surface area (Å²) in [6.07, 6.45) is 5.40. The van der Waals surface area contributed by atoms with Crippen molar-refractivity contribution in [1.29, 1.82) is 0 Å². The van der Waals surface area contributed by atoms with E-state index in [2.05, 4.69) is 33.5 Å². The zero-order chi connectivity index (χ0) is 13.0. The lowest BCUT2D eigenvalue weighted by Gasteiger charge is -2.36. The van der Waals surface area contributed by atoms with Crippen molar-refractivity contribution in [2.45, 2.75) is 38.6 Å². The Hall–Kier alpha value is -0.590. The molecule has 2 aliphatic rings. The molecule has 0 saturated carbocycles. The molecule has 0 aromatic rings. The minimum absolute atomic E-state index is 0.134. The molecule has 0 radical (unpaired) electrons. The van der Waals surface area contributed by atoms with Crippen LogP contribution in [0.2, 0.25) is 0 Å². The summed E-state index contributed by atoms with van der Waals surface area (Å²) in [6, 6.07) is 0. The number of hydrogen-bond acceptors (Lipinski definition) is 6. The van der Waals surface area contributed by atoms with Crippen LogP contribution in [0.1, 0.15) is 33.1 Å². The van der Waals surface area contributed by atoms with Crippen LogP contribution in [-0.4, -0.2) is 42.2 Å². The molecule has 0 unspecified atom stereocenters. The van der Waals surface area contributed by atoms with E-state index in [0.29, 0.717) is 0 Å². The van der Waals surface area contributed by atoms with E-state index in [1.807, 2.05) is 0 Å². The van der Waals surface area contributed by atoms with Crippen LogP contribution in [0.5, 0.6) is 0 Å². The molecular weight excluding hydrogens is 246 g/mol. The second-order valence-corrected chi connectivity index (χ2v) is 6.01. The van der Waals surface area contributed by atoms with E-state index in [-0.39, 0.29) is 5.54 Å². The summed E-state index contributed by atoms with van der Waals surface area (Å²) in [5, 5.41) is 5.35. The highest BCUT2D eigenvalue weighted by atomic mass is 32.2. The Bertz CT molecular complexity index is 331. The fraction of sp³-hybridized carbons (Fsp3) is 0.833. The molecule has 0 aromatic heterocycles. The van der Waals surface area contributed by atoms with E-state index in [1.54, 1.807) is 6.34 Å². The Morgan fingerprint density at radius 1 is 1.50 bits per heavy atom. The predicted octanol–water partition coefficient (Wildman–Crippen LogP) is 1.42. The molecule has 3 N–H and O–H groups in total. The molecule has 0 bridgehead atoms. The number of rotatable bonds is 4. The van der Waals surface area contributed by atoms with Crippen molar-refractivity contribution >= 4 is 24.3 Å². The van der Waals surface area contributed by atoms with Crippen LogP contribution in [0.25, 0.3) is 0 Å². The highest BCUT2D eigenvalue weighted by Crippen LogP contribution is 2.25. The molecule has 2 heterocycles. The van der Waals surface area contributed by atoms with Gasteiger partial charge in [0.2, 0.25) is 0 Å². The first kappa shape index (κ1) is 13.8. The summed E-state index contributed by atoms with van der Waals surface area (Å²) in [4.78, 5) is 11.2. The van der Waals surface area contributed by atoms with E-state index in [0.717, 1.165) is 31.4 Å². The molecule has 0 spiro atoms. The van der Waals surface area contributed by atoms with E-state index in [4.69, 9.17) is 5.14 Å². The van der Waals surface area contributed by atoms with E-state index < -0.39 is 0 Å². The van der Waals surface area contributed by atoms with Crippen molar-refractivity contribution in [2.24, 2.45) is 21.0 Å². The van der Waals surface area contributed by atoms with Gasteiger partial charge in [-0.25, -0.2) is 4.99 Å². The van der Waals surface area contributed by atoms with Crippen molar-refractivity contribution in [1.82, 2.24) is 9.62 Å². The number of hydrogen-bond donors (Lipinski definition) is 2. The van der Waals surface area contributed by atoms with Crippen molar-refractivity contribution in [3.8, 4) is 0 Å². The summed E-state index contributed by atoms with van der Waals surface area (Å²) in [6.45, 7) is 7.47. The quantitative estimate of drug-likeness (QED) is 0.598. The molecule has 1 fully saturated rings. The van der Waals surface area contributed by atoms with Gasteiger partial charge in [0.25, 0.3) is 0 Å². The maximum Gasteiger partial charge on any atom is 0.133 e. The van der Waals surface area contributed by atoms with Crippen molar-refractivity contribution in [3.63, 3.8) is 0 Å². The summed E-state index contributed by atoms with van der Waals surface area (Å²) < 4.78 is 3.11. The molecular formula is C12H23N5S. The average Bonchev–Trinajstić information content (AvgIpc) is 2.70. The van der Waals surface area contributed by atoms with Crippen LogP contribution < -0.4 is 9.86 Å². The smallest absolute Gasteiger partial charge is 0.133 e. The van der Waals surface area contributed by atoms with Gasteiger partial charge in [0.15, 0.2) is 0 Å². The summed E-state index contributed by atoms with van der Waals surface area (Å²) in [5.74, 6) is 1.95. The van der Waals surface area contributed by atoms with Gasteiger partial charge in [-0.05, 0) is 39.0 Å². The second kappa shape index (κ2) is 6.04. The number of piperidine rings is 1. The average molecular weight is 269 g/mol. The van der Waals surface area contributed by atoms with Crippen LogP contribution in [0.3, 0.4) is 0 Å². The van der Waals surface area contributed by atoms with E-state index in [1.165, 1.54) is 31.4 Å². The zero-order valence-corrected chi connectivity index (χ0v) is 12.0. The van der Waals surface area contributed by atoms with Gasteiger partial charge >= 0.3 is 0 Å². The van der Waals surface area contributed by atoms with E-state index in [9.17, 15) is 0 Å². The molecule has 102 valence electrons. The molecule has 6 heteroatoms. The largest absolute Gasteiger partial charge is 0.358 e. The Kier molecular flexibility index (Phi) is 4.64. The molecule has 0 aromatic carbocycles. The van der Waals surface area contributed by atoms with Crippen LogP contribution in [0.4, 0.5) is 0 Å². The van der Waals surface area contributed by atoms with Gasteiger partial charge in [-0.1, -0.05) is 0 Å². The van der Waals surface area contributed by atoms with Gasteiger partial charge in [0.1, 0.15) is 17.7 Å². The highest BCUT2D eigenvalue weighted by molar-refractivity contribution is 7.95. The van der Waals surface area contributed by atoms with Crippen molar-refractivity contribution < 1.29 is 0 Å². The summed E-state index contributed by atoms with van der Waals surface area (Å²) in [5.41, 5.74) is -0.134. The number of nitrogens with one attached hydrogen (secondary N) is 1. The molecule has 5 nitrogen and oxygen atoms in total. The van der Waals surface area contributed by atoms with E-state index >= 15 is 0 Å². The minimum Gasteiger partial charge on any atom is -0.358 e. The number of nitrogens with two attached hydrogens (primary N) is 1. The first-order valence-electron chi connectivity index (χ1n) is 6.59. The minimum atomic E-state index is -0.134. The molecule has 2 rings (SSSR count). The van der Waals surface area contributed by atoms with Gasteiger partial charge in [-0.15, -0.1) is 0 Å². The lowest BCUT2D eigenvalue weighted by atomic mass is 9.92. The van der Waals surface area contributed by atoms with Crippen LogP contribution in [0.15, 0.2) is 9.98 Å². The molecule has 0 aliphatic carbocycles. The third kappa shape index (κ3) is 3.24. The van der Waals surface area contributed by atoms with Crippen molar-refractivity contribution in [2.75, 3.05) is 19.6 Å². The lowest BCUT2D eigenvalue weighted by molar-refractivity contribution is 0.249. The SMILES string of the molecule is CC1(C)N=CN=C1N1CCC(CCNSN)CC1. The third-order valence-corrected chi connectivity index (χ3v) is 4.13. The highest BCUT2D eigenvalue weighted by Gasteiger charge is 2.33. The zero-order valence-electron chi connectivity index (χ0n) is 11.2. The predicted molar refractivity (Wildman–Crippen MR) is 78.7 cm³/mol. The second-order valence-electron chi connectivity index (χ2n) is 5.49. The first-order valence-corrected chi connectivity index (χ1v) is 7.47. The van der Waals surface area contributed by atoms with Crippen LogP contribution in [-0.2, 0) is 0 Å². The Balaban J connectivity index is 1.77. The van der Waals surface area contributed by atoms with Crippen molar-refractivity contribution in [3.05, 3.63) is 0 Å². The molecule has 2 aliphatic heterocycles. The van der Waals surface area contributed by atoms with Gasteiger partial charge in [0, 0.05) is 31.8 Å². The molecule has 1 saturated heterocycles. The Labute approximate surface area is 114 Å². The molecule has 0 amide bonds. The number of likely N-dealkylation sites (tertiary alicyclic amines) is 1. The Morgan fingerprint density at radius 3 is 2.78 bits per heavy atom. The number of nitrogens with zero attached hydrogens (tertiary/aromatic N) is 3. The fourth-order valence-electron chi connectivity index (χ4n) is 2.67. The van der Waals surface area contributed by atoms with Crippen LogP contribution in [0, 0.1) is 5.92 Å². The number of amidine groups is 1. The topological polar surface area (TPSA) is 66.0 Å². The molecule has 18 heavy (non-hydrogen) atoms. The monoisotopic (exact) mass is 269 g/mol. The van der Waals surface area contributed by atoms with Gasteiger partial charge in [-0.2, -0.15) is 0 Å². The normalized spacial score (nSPS) is 23.5. The summed E-state index contributed by atoms with van der Waals surface area (Å²) >= 11 is 1.21. The lowest BCUT2D eigenvalue weighted by Crippen LogP contribution is -2.46. The summed E-state index contributed by atoms with van der Waals surface area (Å²) in [7, 11) is 0. The first-order chi connectivity index (χ1) is 8.63. The Morgan fingerprint density at radius 2 is 2.22 bits per heavy atom. The van der Waals surface area contributed by atoms with Crippen LogP contribution >= 0.6 is 12.1 Å². The third-order valence-electron chi connectivity index (χ3n) is 3.76. The van der Waals surface area contributed by atoms with Gasteiger partial charge in [0.05, 0.1) is 0 Å². The fourth-order valence-corrected chi connectivity index (χ4v) is 2.90. The van der Waals surface area contributed by atoms with Gasteiger partial charge in [-0.3, -0.25) is 14.9 Å². The molecule has 0 atom stereocenters. The number of aliphatic imine (C=N–C) groups is 2. The van der Waals surface area contributed by atoms with Gasteiger partial charge < -0.3 is 4.90 Å². The maximum atomic E-state index is 5.35. The maximum absolute atomic E-state index is 5.35. The standard InChI is InChI=1S/C12H23N5S/c1-12(2)11(14-9-15-12)17-7-4-10(5-8-17)3-6-16-18-13/h9-10,16H,3-8,13H2,1-2H3.